The van der Waals surface area contributed by atoms with Gasteiger partial charge in [-0.1, -0.05) is 182 Å². The molecule has 13 rings (SSSR count). The molecule has 0 saturated heterocycles. The minimum atomic E-state index is 1.09. The molecule has 308 valence electrons. The Bertz CT molecular complexity index is 3970. The summed E-state index contributed by atoms with van der Waals surface area (Å²) in [6.07, 6.45) is 0. The van der Waals surface area contributed by atoms with Gasteiger partial charge in [-0.25, -0.2) is 0 Å². The minimum Gasteiger partial charge on any atom is -0.310 e. The molecule has 0 saturated carbocycles. The highest BCUT2D eigenvalue weighted by Crippen LogP contribution is 2.45. The number of aromatic nitrogens is 1. The molecule has 1 heterocycles. The monoisotopic (exact) mass is 838 g/mol. The Kier molecular flexibility index (Phi) is 8.89. The van der Waals surface area contributed by atoms with E-state index in [1.165, 1.54) is 92.7 Å². The van der Waals surface area contributed by atoms with E-state index in [9.17, 15) is 0 Å². The van der Waals surface area contributed by atoms with E-state index in [0.717, 1.165) is 28.3 Å². The average molecular weight is 839 g/mol. The number of benzene rings is 12. The van der Waals surface area contributed by atoms with Crippen LogP contribution in [0.15, 0.2) is 255 Å². The van der Waals surface area contributed by atoms with Crippen LogP contribution >= 0.6 is 0 Å². The standard InChI is InChI=1S/C64H42N2/c1-2-20-51(21-3-1)66-62-28-13-12-27-59(62)63-61(42-50-18-7-9-24-56(50)64(63)66)48-19-14-22-54(40-48)65(52-35-31-44(32-36-52)47-30-29-43-15-4-5-16-46(43)39-47)53-37-33-45(34-38-53)60-41-49-17-6-8-23-55(49)57-25-10-11-26-58(57)60/h1-42H. The third kappa shape index (κ3) is 6.26. The SMILES string of the molecule is c1ccc(-n2c3ccccc3c3c(-c4cccc(N(c5ccc(-c6ccc7ccccc7c6)cc5)c5ccc(-c6cc7ccccc7c7ccccc67)cc5)c4)cc4ccccc4c32)cc1. The highest BCUT2D eigenvalue weighted by atomic mass is 15.1. The fraction of sp³-hybridized carbons (Fsp3) is 0. The van der Waals surface area contributed by atoms with E-state index in [1.807, 2.05) is 0 Å². The second-order valence-electron chi connectivity index (χ2n) is 17.3. The van der Waals surface area contributed by atoms with Crippen molar-refractivity contribution in [2.75, 3.05) is 4.90 Å². The first-order valence-corrected chi connectivity index (χ1v) is 22.7. The molecule has 13 aromatic rings. The maximum Gasteiger partial charge on any atom is 0.0625 e. The lowest BCUT2D eigenvalue weighted by Gasteiger charge is -2.27. The van der Waals surface area contributed by atoms with Crippen molar-refractivity contribution in [1.29, 1.82) is 0 Å². The lowest BCUT2D eigenvalue weighted by molar-refractivity contribution is 1.19. The van der Waals surface area contributed by atoms with Crippen molar-refractivity contribution in [1.82, 2.24) is 4.57 Å². The zero-order valence-corrected chi connectivity index (χ0v) is 36.1. The Morgan fingerprint density at radius 1 is 0.273 bits per heavy atom. The molecule has 0 unspecified atom stereocenters. The summed E-state index contributed by atoms with van der Waals surface area (Å²) < 4.78 is 2.45. The number of fused-ring (bicyclic) bond motifs is 9. The molecule has 0 amide bonds. The summed E-state index contributed by atoms with van der Waals surface area (Å²) in [5.41, 5.74) is 14.0. The van der Waals surface area contributed by atoms with Crippen LogP contribution in [-0.2, 0) is 0 Å². The largest absolute Gasteiger partial charge is 0.310 e. The van der Waals surface area contributed by atoms with Crippen LogP contribution in [0.3, 0.4) is 0 Å². The number of para-hydroxylation sites is 2. The predicted molar refractivity (Wildman–Crippen MR) is 282 cm³/mol. The predicted octanol–water partition coefficient (Wildman–Crippen LogP) is 17.9. The molecule has 0 radical (unpaired) electrons. The van der Waals surface area contributed by atoms with E-state index >= 15 is 0 Å². The molecule has 0 aliphatic rings. The molecular weight excluding hydrogens is 797 g/mol. The number of rotatable bonds is 7. The molecule has 0 fully saturated rings. The first-order chi connectivity index (χ1) is 32.7. The lowest BCUT2D eigenvalue weighted by Crippen LogP contribution is -2.10. The third-order valence-corrected chi connectivity index (χ3v) is 13.5. The van der Waals surface area contributed by atoms with Crippen LogP contribution in [-0.4, -0.2) is 4.57 Å². The molecule has 0 atom stereocenters. The fourth-order valence-electron chi connectivity index (χ4n) is 10.4. The smallest absolute Gasteiger partial charge is 0.0625 e. The van der Waals surface area contributed by atoms with Gasteiger partial charge in [0, 0.05) is 38.9 Å². The molecule has 0 N–H and O–H groups in total. The van der Waals surface area contributed by atoms with Crippen LogP contribution in [0.4, 0.5) is 17.1 Å². The number of nitrogens with zero attached hydrogens (tertiary/aromatic N) is 2. The molecular formula is C64H42N2. The highest BCUT2D eigenvalue weighted by Gasteiger charge is 2.21. The molecule has 0 aliphatic carbocycles. The molecule has 0 bridgehead atoms. The van der Waals surface area contributed by atoms with E-state index in [2.05, 4.69) is 264 Å². The van der Waals surface area contributed by atoms with E-state index in [4.69, 9.17) is 0 Å². The number of anilines is 3. The Balaban J connectivity index is 0.989. The van der Waals surface area contributed by atoms with Gasteiger partial charge in [0.1, 0.15) is 0 Å². The van der Waals surface area contributed by atoms with Crippen molar-refractivity contribution in [3.8, 4) is 39.1 Å². The summed E-state index contributed by atoms with van der Waals surface area (Å²) in [5, 5.41) is 12.5. The van der Waals surface area contributed by atoms with Crippen molar-refractivity contribution in [2.45, 2.75) is 0 Å². The molecule has 66 heavy (non-hydrogen) atoms. The van der Waals surface area contributed by atoms with E-state index in [0.29, 0.717) is 0 Å². The lowest BCUT2D eigenvalue weighted by atomic mass is 9.93. The van der Waals surface area contributed by atoms with Crippen LogP contribution in [0.1, 0.15) is 0 Å². The van der Waals surface area contributed by atoms with Crippen LogP contribution in [0, 0.1) is 0 Å². The minimum absolute atomic E-state index is 1.09. The number of hydrogen-bond donors (Lipinski definition) is 0. The van der Waals surface area contributed by atoms with Crippen molar-refractivity contribution >= 4 is 82.0 Å². The molecule has 0 spiro atoms. The highest BCUT2D eigenvalue weighted by molar-refractivity contribution is 6.24. The molecule has 2 nitrogen and oxygen atoms in total. The average Bonchev–Trinajstić information content (AvgIpc) is 3.75. The molecule has 12 aromatic carbocycles. The van der Waals surface area contributed by atoms with E-state index < -0.39 is 0 Å². The summed E-state index contributed by atoms with van der Waals surface area (Å²) in [5.74, 6) is 0. The second kappa shape index (κ2) is 15.5. The second-order valence-corrected chi connectivity index (χ2v) is 17.3. The zero-order valence-electron chi connectivity index (χ0n) is 36.1. The van der Waals surface area contributed by atoms with Crippen LogP contribution < -0.4 is 4.90 Å². The number of hydrogen-bond acceptors (Lipinski definition) is 1. The van der Waals surface area contributed by atoms with Gasteiger partial charge in [0.05, 0.1) is 11.0 Å². The van der Waals surface area contributed by atoms with Gasteiger partial charge in [-0.05, 0) is 144 Å². The summed E-state index contributed by atoms with van der Waals surface area (Å²) >= 11 is 0. The topological polar surface area (TPSA) is 8.17 Å². The maximum atomic E-state index is 2.45. The Hall–Kier alpha value is -8.72. The first kappa shape index (κ1) is 37.8. The van der Waals surface area contributed by atoms with Gasteiger partial charge in [-0.3, -0.25) is 0 Å². The Morgan fingerprint density at radius 3 is 1.59 bits per heavy atom. The van der Waals surface area contributed by atoms with Gasteiger partial charge in [0.15, 0.2) is 0 Å². The van der Waals surface area contributed by atoms with Crippen molar-refractivity contribution < 1.29 is 0 Å². The Labute approximate surface area is 383 Å². The summed E-state index contributed by atoms with van der Waals surface area (Å²) in [6.45, 7) is 0. The van der Waals surface area contributed by atoms with Gasteiger partial charge >= 0.3 is 0 Å². The normalized spacial score (nSPS) is 11.6. The fourth-order valence-corrected chi connectivity index (χ4v) is 10.4. The summed E-state index contributed by atoms with van der Waals surface area (Å²) in [7, 11) is 0. The van der Waals surface area contributed by atoms with Crippen molar-refractivity contribution in [2.24, 2.45) is 0 Å². The molecule has 1 aromatic heterocycles. The van der Waals surface area contributed by atoms with Crippen molar-refractivity contribution in [3.63, 3.8) is 0 Å². The maximum absolute atomic E-state index is 2.45. The van der Waals surface area contributed by atoms with Crippen LogP contribution in [0.25, 0.3) is 104 Å². The van der Waals surface area contributed by atoms with Crippen molar-refractivity contribution in [3.05, 3.63) is 255 Å². The van der Waals surface area contributed by atoms with E-state index in [-0.39, 0.29) is 0 Å². The van der Waals surface area contributed by atoms with Gasteiger partial charge in [-0.15, -0.1) is 0 Å². The first-order valence-electron chi connectivity index (χ1n) is 22.7. The molecule has 2 heteroatoms. The third-order valence-electron chi connectivity index (χ3n) is 13.5. The van der Waals surface area contributed by atoms with Crippen LogP contribution in [0.2, 0.25) is 0 Å². The zero-order chi connectivity index (χ0) is 43.6. The Morgan fingerprint density at radius 2 is 0.833 bits per heavy atom. The van der Waals surface area contributed by atoms with Gasteiger partial charge in [0.25, 0.3) is 0 Å². The van der Waals surface area contributed by atoms with Gasteiger partial charge in [-0.2, -0.15) is 0 Å². The van der Waals surface area contributed by atoms with Gasteiger partial charge in [0.2, 0.25) is 0 Å². The quantitative estimate of drug-likeness (QED) is 0.145. The summed E-state index contributed by atoms with van der Waals surface area (Å²) in [4.78, 5) is 2.40. The van der Waals surface area contributed by atoms with E-state index in [1.54, 1.807) is 0 Å². The summed E-state index contributed by atoms with van der Waals surface area (Å²) in [6, 6.07) is 93.3. The van der Waals surface area contributed by atoms with Gasteiger partial charge < -0.3 is 9.47 Å². The molecule has 0 aliphatic heterocycles. The van der Waals surface area contributed by atoms with Crippen LogP contribution in [0.5, 0.6) is 0 Å².